The van der Waals surface area contributed by atoms with E-state index in [-0.39, 0.29) is 5.91 Å². The number of nitrogens with two attached hydrogens (primary N) is 1. The second-order valence-electron chi connectivity index (χ2n) is 4.23. The summed E-state index contributed by atoms with van der Waals surface area (Å²) in [6.07, 6.45) is 1.78. The van der Waals surface area contributed by atoms with E-state index in [1.807, 2.05) is 24.9 Å². The number of aryl methyl sites for hydroxylation is 2. The maximum Gasteiger partial charge on any atom is 0.274 e. The van der Waals surface area contributed by atoms with Crippen LogP contribution in [0, 0.1) is 6.92 Å². The van der Waals surface area contributed by atoms with Crippen LogP contribution in [0.3, 0.4) is 0 Å². The van der Waals surface area contributed by atoms with Crippen LogP contribution in [-0.4, -0.2) is 40.2 Å². The van der Waals surface area contributed by atoms with E-state index in [2.05, 4.69) is 12.0 Å². The van der Waals surface area contributed by atoms with E-state index in [1.54, 1.807) is 4.68 Å². The monoisotopic (exact) mass is 238 g/mol. The highest BCUT2D eigenvalue weighted by Crippen LogP contribution is 2.07. The van der Waals surface area contributed by atoms with Gasteiger partial charge in [0.05, 0.1) is 0 Å². The molecule has 1 amide bonds. The van der Waals surface area contributed by atoms with E-state index < -0.39 is 0 Å². The highest BCUT2D eigenvalue weighted by molar-refractivity contribution is 5.92. The van der Waals surface area contributed by atoms with Gasteiger partial charge in [0, 0.05) is 25.8 Å². The second kappa shape index (κ2) is 6.39. The van der Waals surface area contributed by atoms with Gasteiger partial charge in [-0.15, -0.1) is 0 Å². The summed E-state index contributed by atoms with van der Waals surface area (Å²) in [4.78, 5) is 14.0. The third kappa shape index (κ3) is 3.56. The van der Waals surface area contributed by atoms with Crippen LogP contribution in [0.5, 0.6) is 0 Å². The van der Waals surface area contributed by atoms with Crippen molar-refractivity contribution in [2.24, 2.45) is 12.8 Å². The number of rotatable bonds is 6. The first kappa shape index (κ1) is 13.7. The molecule has 1 aromatic rings. The number of carbonyl (C=O) groups is 1. The minimum atomic E-state index is 0.00370. The Hall–Kier alpha value is -1.36. The molecule has 2 N–H and O–H groups in total. The van der Waals surface area contributed by atoms with Crippen molar-refractivity contribution < 1.29 is 4.79 Å². The van der Waals surface area contributed by atoms with E-state index in [9.17, 15) is 4.79 Å². The fraction of sp³-hybridized carbons (Fsp3) is 0.667. The molecule has 0 bridgehead atoms. The molecule has 96 valence electrons. The van der Waals surface area contributed by atoms with Crippen molar-refractivity contribution in [3.05, 3.63) is 17.5 Å². The van der Waals surface area contributed by atoms with Crippen LogP contribution in [0.1, 0.15) is 35.9 Å². The lowest BCUT2D eigenvalue weighted by Gasteiger charge is -2.20. The number of carbonyl (C=O) groups excluding carboxylic acids is 1. The summed E-state index contributed by atoms with van der Waals surface area (Å²) < 4.78 is 1.72. The first-order chi connectivity index (χ1) is 8.10. The van der Waals surface area contributed by atoms with Gasteiger partial charge >= 0.3 is 0 Å². The van der Waals surface area contributed by atoms with Gasteiger partial charge in [-0.1, -0.05) is 6.92 Å². The van der Waals surface area contributed by atoms with E-state index in [4.69, 9.17) is 5.73 Å². The lowest BCUT2D eigenvalue weighted by molar-refractivity contribution is 0.0748. The van der Waals surface area contributed by atoms with Gasteiger partial charge in [0.15, 0.2) is 5.69 Å². The SMILES string of the molecule is CCCN(CCCN)C(=O)c1cc(C)n(C)n1. The van der Waals surface area contributed by atoms with Gasteiger partial charge in [0.2, 0.25) is 0 Å². The Bertz CT molecular complexity index is 353. The molecule has 0 aliphatic rings. The van der Waals surface area contributed by atoms with Crippen LogP contribution in [0.25, 0.3) is 0 Å². The Morgan fingerprint density at radius 1 is 1.53 bits per heavy atom. The second-order valence-corrected chi connectivity index (χ2v) is 4.23. The largest absolute Gasteiger partial charge is 0.337 e. The molecule has 0 atom stereocenters. The summed E-state index contributed by atoms with van der Waals surface area (Å²) >= 11 is 0. The molecule has 0 aromatic carbocycles. The van der Waals surface area contributed by atoms with Crippen molar-refractivity contribution in [1.29, 1.82) is 0 Å². The fourth-order valence-electron chi connectivity index (χ4n) is 1.69. The van der Waals surface area contributed by atoms with Crippen LogP contribution in [0.4, 0.5) is 0 Å². The van der Waals surface area contributed by atoms with Gasteiger partial charge in [-0.25, -0.2) is 0 Å². The fourth-order valence-corrected chi connectivity index (χ4v) is 1.69. The van der Waals surface area contributed by atoms with Crippen molar-refractivity contribution in [3.63, 3.8) is 0 Å². The molecule has 0 unspecified atom stereocenters. The third-order valence-corrected chi connectivity index (χ3v) is 2.75. The van der Waals surface area contributed by atoms with Crippen LogP contribution in [-0.2, 0) is 7.05 Å². The summed E-state index contributed by atoms with van der Waals surface area (Å²) in [6, 6.07) is 1.83. The number of hydrogen-bond donors (Lipinski definition) is 1. The van der Waals surface area contributed by atoms with E-state index in [1.165, 1.54) is 0 Å². The number of nitrogens with zero attached hydrogens (tertiary/aromatic N) is 3. The highest BCUT2D eigenvalue weighted by atomic mass is 16.2. The summed E-state index contributed by atoms with van der Waals surface area (Å²) in [6.45, 7) is 6.07. The van der Waals surface area contributed by atoms with Crippen molar-refractivity contribution in [2.75, 3.05) is 19.6 Å². The molecule has 0 saturated carbocycles. The summed E-state index contributed by atoms with van der Waals surface area (Å²) in [5.41, 5.74) is 7.00. The summed E-state index contributed by atoms with van der Waals surface area (Å²) in [5.74, 6) is 0.00370. The van der Waals surface area contributed by atoms with Gasteiger partial charge in [-0.05, 0) is 32.4 Å². The molecule has 1 heterocycles. The van der Waals surface area contributed by atoms with Crippen LogP contribution >= 0.6 is 0 Å². The summed E-state index contributed by atoms with van der Waals surface area (Å²) in [7, 11) is 1.84. The van der Waals surface area contributed by atoms with Crippen molar-refractivity contribution >= 4 is 5.91 Å². The van der Waals surface area contributed by atoms with Gasteiger partial charge in [0.25, 0.3) is 5.91 Å². The average Bonchev–Trinajstić information content (AvgIpc) is 2.64. The molecule has 0 aliphatic carbocycles. The predicted octanol–water partition coefficient (Wildman–Crippen LogP) is 0.930. The molecule has 0 aliphatic heterocycles. The molecule has 0 spiro atoms. The van der Waals surface area contributed by atoms with Gasteiger partial charge < -0.3 is 10.6 Å². The van der Waals surface area contributed by atoms with Crippen LogP contribution in [0.15, 0.2) is 6.07 Å². The zero-order chi connectivity index (χ0) is 12.8. The molecule has 0 fully saturated rings. The minimum Gasteiger partial charge on any atom is -0.337 e. The average molecular weight is 238 g/mol. The lowest BCUT2D eigenvalue weighted by atomic mass is 10.3. The third-order valence-electron chi connectivity index (χ3n) is 2.75. The van der Waals surface area contributed by atoms with Crippen molar-refractivity contribution in [1.82, 2.24) is 14.7 Å². The molecule has 17 heavy (non-hydrogen) atoms. The van der Waals surface area contributed by atoms with Crippen LogP contribution < -0.4 is 5.73 Å². The predicted molar refractivity (Wildman–Crippen MR) is 67.8 cm³/mol. The zero-order valence-electron chi connectivity index (χ0n) is 10.9. The Labute approximate surface area is 103 Å². The minimum absolute atomic E-state index is 0.00370. The van der Waals surface area contributed by atoms with Gasteiger partial charge in [0.1, 0.15) is 0 Å². The first-order valence-electron chi connectivity index (χ1n) is 6.10. The topological polar surface area (TPSA) is 64.2 Å². The Balaban J connectivity index is 2.76. The van der Waals surface area contributed by atoms with Crippen LogP contribution in [0.2, 0.25) is 0 Å². The van der Waals surface area contributed by atoms with E-state index in [0.29, 0.717) is 18.8 Å². The first-order valence-corrected chi connectivity index (χ1v) is 6.10. The molecule has 5 nitrogen and oxygen atoms in total. The molecule has 0 radical (unpaired) electrons. The molecular weight excluding hydrogens is 216 g/mol. The quantitative estimate of drug-likeness (QED) is 0.802. The zero-order valence-corrected chi connectivity index (χ0v) is 10.9. The highest BCUT2D eigenvalue weighted by Gasteiger charge is 2.17. The van der Waals surface area contributed by atoms with E-state index >= 15 is 0 Å². The number of aromatic nitrogens is 2. The van der Waals surface area contributed by atoms with Crippen molar-refractivity contribution in [3.8, 4) is 0 Å². The standard InChI is InChI=1S/C12H22N4O/c1-4-7-16(8-5-6-13)12(17)11-9-10(2)15(3)14-11/h9H,4-8,13H2,1-3H3. The van der Waals surface area contributed by atoms with Gasteiger partial charge in [-0.2, -0.15) is 5.10 Å². The molecule has 0 saturated heterocycles. The maximum absolute atomic E-state index is 12.2. The normalized spacial score (nSPS) is 10.6. The van der Waals surface area contributed by atoms with E-state index in [0.717, 1.165) is 25.1 Å². The Morgan fingerprint density at radius 2 is 2.24 bits per heavy atom. The molecule has 5 heteroatoms. The molecular formula is C12H22N4O. The number of amides is 1. The smallest absolute Gasteiger partial charge is 0.274 e. The van der Waals surface area contributed by atoms with Crippen molar-refractivity contribution in [2.45, 2.75) is 26.7 Å². The van der Waals surface area contributed by atoms with Gasteiger partial charge in [-0.3, -0.25) is 9.48 Å². The molecule has 1 rings (SSSR count). The molecule has 1 aromatic heterocycles. The number of hydrogen-bond acceptors (Lipinski definition) is 3. The summed E-state index contributed by atoms with van der Waals surface area (Å²) in [5, 5.41) is 4.22. The maximum atomic E-state index is 12.2. The Kier molecular flexibility index (Phi) is 5.15. The lowest BCUT2D eigenvalue weighted by Crippen LogP contribution is -2.34. The Morgan fingerprint density at radius 3 is 2.71 bits per heavy atom.